The monoisotopic (exact) mass is 343 g/mol. The number of amides is 1. The van der Waals surface area contributed by atoms with Crippen LogP contribution in [0.15, 0.2) is 34.3 Å². The summed E-state index contributed by atoms with van der Waals surface area (Å²) < 4.78 is 6.86. The maximum Gasteiger partial charge on any atom is 0.267 e. The van der Waals surface area contributed by atoms with E-state index in [1.807, 2.05) is 18.2 Å². The number of carbonyl (C=O) groups excluding carboxylic acids is 1. The van der Waals surface area contributed by atoms with E-state index in [9.17, 15) is 9.59 Å². The highest BCUT2D eigenvalue weighted by Crippen LogP contribution is 2.31. The first kappa shape index (κ1) is 15.3. The minimum atomic E-state index is -0.272. The lowest BCUT2D eigenvalue weighted by Crippen LogP contribution is -2.39. The molecule has 24 heavy (non-hydrogen) atoms. The van der Waals surface area contributed by atoms with Gasteiger partial charge in [0.2, 0.25) is 0 Å². The number of benzene rings is 1. The maximum atomic E-state index is 13.0. The van der Waals surface area contributed by atoms with Gasteiger partial charge in [-0.3, -0.25) is 14.2 Å². The van der Waals surface area contributed by atoms with Crippen LogP contribution in [0.1, 0.15) is 22.3 Å². The van der Waals surface area contributed by atoms with Crippen LogP contribution in [0.25, 0.3) is 0 Å². The fourth-order valence-corrected chi connectivity index (χ4v) is 4.13. The van der Waals surface area contributed by atoms with Gasteiger partial charge in [-0.2, -0.15) is 0 Å². The van der Waals surface area contributed by atoms with E-state index in [0.29, 0.717) is 18.2 Å². The Labute approximate surface area is 143 Å². The summed E-state index contributed by atoms with van der Waals surface area (Å²) in [6.45, 7) is 1.22. The molecular formula is C17H17N3O3S. The van der Waals surface area contributed by atoms with E-state index in [-0.39, 0.29) is 17.0 Å². The summed E-state index contributed by atoms with van der Waals surface area (Å²) in [6.07, 6.45) is 3.18. The van der Waals surface area contributed by atoms with Gasteiger partial charge >= 0.3 is 0 Å². The van der Waals surface area contributed by atoms with E-state index >= 15 is 0 Å². The normalized spacial score (nSPS) is 15.8. The highest BCUT2D eigenvalue weighted by Gasteiger charge is 2.28. The number of methoxy groups -OCH3 is 1. The number of aromatic nitrogens is 2. The number of rotatable bonds is 2. The summed E-state index contributed by atoms with van der Waals surface area (Å²) in [6, 6.07) is 5.69. The van der Waals surface area contributed by atoms with Crippen molar-refractivity contribution in [1.29, 1.82) is 0 Å². The molecule has 0 atom stereocenters. The van der Waals surface area contributed by atoms with Gasteiger partial charge in [0.05, 0.1) is 7.11 Å². The highest BCUT2D eigenvalue weighted by molar-refractivity contribution is 7.99. The molecule has 124 valence electrons. The maximum absolute atomic E-state index is 13.0. The van der Waals surface area contributed by atoms with Crippen molar-refractivity contribution in [2.45, 2.75) is 24.5 Å². The molecule has 0 fully saturated rings. The summed E-state index contributed by atoms with van der Waals surface area (Å²) in [5, 5.41) is 0.695. The number of hydrogen-bond acceptors (Lipinski definition) is 5. The Bertz CT molecular complexity index is 878. The zero-order valence-electron chi connectivity index (χ0n) is 13.3. The first-order chi connectivity index (χ1) is 11.7. The van der Waals surface area contributed by atoms with Crippen molar-refractivity contribution in [3.63, 3.8) is 0 Å². The number of fused-ring (bicyclic) bond motifs is 2. The van der Waals surface area contributed by atoms with Crippen LogP contribution in [0.4, 0.5) is 5.69 Å². The molecule has 6 nitrogen and oxygen atoms in total. The Morgan fingerprint density at radius 3 is 3.04 bits per heavy atom. The van der Waals surface area contributed by atoms with E-state index in [1.165, 1.54) is 6.20 Å². The highest BCUT2D eigenvalue weighted by atomic mass is 32.2. The molecule has 0 bridgehead atoms. The van der Waals surface area contributed by atoms with Gasteiger partial charge in [-0.15, -0.1) is 0 Å². The quantitative estimate of drug-likeness (QED) is 0.780. The van der Waals surface area contributed by atoms with Crippen LogP contribution in [0.5, 0.6) is 5.75 Å². The zero-order valence-corrected chi connectivity index (χ0v) is 14.1. The lowest BCUT2D eigenvalue weighted by atomic mass is 10.0. The molecule has 2 aromatic rings. The smallest absolute Gasteiger partial charge is 0.267 e. The van der Waals surface area contributed by atoms with E-state index in [0.717, 1.165) is 35.6 Å². The summed E-state index contributed by atoms with van der Waals surface area (Å²) in [5.74, 6) is 1.33. The van der Waals surface area contributed by atoms with Gasteiger partial charge in [0.15, 0.2) is 5.16 Å². The minimum absolute atomic E-state index is 0.143. The Morgan fingerprint density at radius 2 is 2.21 bits per heavy atom. The van der Waals surface area contributed by atoms with Gasteiger partial charge in [-0.25, -0.2) is 4.98 Å². The lowest BCUT2D eigenvalue weighted by molar-refractivity contribution is 0.0982. The van der Waals surface area contributed by atoms with Crippen LogP contribution in [0.3, 0.4) is 0 Å². The first-order valence-electron chi connectivity index (χ1n) is 7.90. The van der Waals surface area contributed by atoms with E-state index in [1.54, 1.807) is 28.3 Å². The molecule has 0 saturated heterocycles. The fourth-order valence-electron chi connectivity index (χ4n) is 3.22. The van der Waals surface area contributed by atoms with Gasteiger partial charge < -0.3 is 9.64 Å². The fraction of sp³-hybridized carbons (Fsp3) is 0.353. The topological polar surface area (TPSA) is 64.4 Å². The van der Waals surface area contributed by atoms with Crippen molar-refractivity contribution in [3.05, 3.63) is 45.9 Å². The molecule has 4 rings (SSSR count). The number of carbonyl (C=O) groups is 1. The number of ether oxygens (including phenoxy) is 1. The second-order valence-corrected chi connectivity index (χ2v) is 6.88. The Balaban J connectivity index is 1.73. The first-order valence-corrected chi connectivity index (χ1v) is 8.89. The standard InChI is InChI=1S/C17H17N3O3S/c1-23-12-4-5-14-11(9-12)3-2-6-19(14)15(21)13-10-18-17-20(16(13)22)7-8-24-17/h4-5,9-10H,2-3,6-8H2,1H3. The van der Waals surface area contributed by atoms with Crippen molar-refractivity contribution in [1.82, 2.24) is 9.55 Å². The number of nitrogens with zero attached hydrogens (tertiary/aromatic N) is 3. The summed E-state index contributed by atoms with van der Waals surface area (Å²) in [7, 11) is 1.63. The average Bonchev–Trinajstić information content (AvgIpc) is 3.10. The van der Waals surface area contributed by atoms with Gasteiger partial charge in [0, 0.05) is 30.7 Å². The predicted octanol–water partition coefficient (Wildman–Crippen LogP) is 1.95. The molecule has 0 N–H and O–H groups in total. The van der Waals surface area contributed by atoms with E-state index in [2.05, 4.69) is 4.98 Å². The van der Waals surface area contributed by atoms with Crippen LogP contribution in [-0.4, -0.2) is 34.9 Å². The van der Waals surface area contributed by atoms with Gasteiger partial charge in [-0.1, -0.05) is 11.8 Å². The third kappa shape index (κ3) is 2.39. The van der Waals surface area contributed by atoms with Crippen molar-refractivity contribution in [2.75, 3.05) is 24.3 Å². The SMILES string of the molecule is COc1ccc2c(c1)CCCN2C(=O)c1cnc2n(c1=O)CCS2. The van der Waals surface area contributed by atoms with Crippen LogP contribution in [0.2, 0.25) is 0 Å². The molecule has 2 aliphatic rings. The Kier molecular flexibility index (Phi) is 3.80. The van der Waals surface area contributed by atoms with Crippen molar-refractivity contribution >= 4 is 23.4 Å². The van der Waals surface area contributed by atoms with Crippen LogP contribution in [0, 0.1) is 0 Å². The molecule has 0 spiro atoms. The Hall–Kier alpha value is -2.28. The third-order valence-corrected chi connectivity index (χ3v) is 5.41. The second kappa shape index (κ2) is 5.98. The molecule has 1 aromatic carbocycles. The molecule has 1 amide bonds. The van der Waals surface area contributed by atoms with Crippen molar-refractivity contribution < 1.29 is 9.53 Å². The van der Waals surface area contributed by atoms with Gasteiger partial charge in [-0.05, 0) is 36.6 Å². The molecule has 0 unspecified atom stereocenters. The minimum Gasteiger partial charge on any atom is -0.497 e. The molecule has 1 aromatic heterocycles. The average molecular weight is 343 g/mol. The Morgan fingerprint density at radius 1 is 1.33 bits per heavy atom. The van der Waals surface area contributed by atoms with E-state index in [4.69, 9.17) is 4.74 Å². The largest absolute Gasteiger partial charge is 0.497 e. The molecule has 0 aliphatic carbocycles. The summed E-state index contributed by atoms with van der Waals surface area (Å²) in [5.41, 5.74) is 1.82. The number of aryl methyl sites for hydroxylation is 1. The number of hydrogen-bond donors (Lipinski definition) is 0. The van der Waals surface area contributed by atoms with Gasteiger partial charge in [0.25, 0.3) is 11.5 Å². The number of anilines is 1. The van der Waals surface area contributed by atoms with Crippen molar-refractivity contribution in [3.8, 4) is 5.75 Å². The second-order valence-electron chi connectivity index (χ2n) is 5.81. The van der Waals surface area contributed by atoms with E-state index < -0.39 is 0 Å². The van der Waals surface area contributed by atoms with Gasteiger partial charge in [0.1, 0.15) is 11.3 Å². The summed E-state index contributed by atoms with van der Waals surface area (Å²) >= 11 is 1.54. The van der Waals surface area contributed by atoms with Crippen LogP contribution < -0.4 is 15.2 Å². The molecule has 3 heterocycles. The van der Waals surface area contributed by atoms with Crippen LogP contribution >= 0.6 is 11.8 Å². The lowest BCUT2D eigenvalue weighted by Gasteiger charge is -2.29. The molecule has 7 heteroatoms. The molecule has 0 radical (unpaired) electrons. The number of thioether (sulfide) groups is 1. The zero-order chi connectivity index (χ0) is 16.7. The molecule has 0 saturated carbocycles. The third-order valence-electron chi connectivity index (χ3n) is 4.44. The molecule has 2 aliphatic heterocycles. The summed E-state index contributed by atoms with van der Waals surface area (Å²) in [4.78, 5) is 31.5. The van der Waals surface area contributed by atoms with Crippen molar-refractivity contribution in [2.24, 2.45) is 0 Å². The predicted molar refractivity (Wildman–Crippen MR) is 92.2 cm³/mol. The molecular weight excluding hydrogens is 326 g/mol. The van der Waals surface area contributed by atoms with Crippen LogP contribution in [-0.2, 0) is 13.0 Å².